The van der Waals surface area contributed by atoms with Gasteiger partial charge in [-0.2, -0.15) is 0 Å². The van der Waals surface area contributed by atoms with Gasteiger partial charge in [-0.25, -0.2) is 0 Å². The van der Waals surface area contributed by atoms with Crippen molar-refractivity contribution < 1.29 is 0 Å². The molecule has 1 N–H and O–H groups in total. The first-order valence-corrected chi connectivity index (χ1v) is 8.81. The van der Waals surface area contributed by atoms with E-state index < -0.39 is 0 Å². The summed E-state index contributed by atoms with van der Waals surface area (Å²) in [7, 11) is 2.14. The first kappa shape index (κ1) is 15.8. The molecular formula is C19H19Cl2N3. The van der Waals surface area contributed by atoms with E-state index >= 15 is 0 Å². The number of likely N-dealkylation sites (N-methyl/N-ethyl adjacent to an activating group) is 1. The van der Waals surface area contributed by atoms with Crippen LogP contribution in [0.5, 0.6) is 0 Å². The number of nitrogens with one attached hydrogen (secondary N) is 1. The highest BCUT2D eigenvalue weighted by atomic mass is 35.5. The molecule has 0 unspecified atom stereocenters. The SMILES string of the molecule is CN1Cc2c(Cl)cc(Cl)cc2[C@H](c2ccccc2N2C=CNC2)C1. The Hall–Kier alpha value is -1.68. The second-order valence-corrected chi connectivity index (χ2v) is 7.25. The minimum Gasteiger partial charge on any atom is -0.372 e. The van der Waals surface area contributed by atoms with E-state index in [0.29, 0.717) is 5.02 Å². The molecule has 0 bridgehead atoms. The summed E-state index contributed by atoms with van der Waals surface area (Å²) in [5.41, 5.74) is 4.96. The number of halogens is 2. The third-order valence-electron chi connectivity index (χ3n) is 4.75. The summed E-state index contributed by atoms with van der Waals surface area (Å²) < 4.78 is 0. The number of fused-ring (bicyclic) bond motifs is 1. The van der Waals surface area contributed by atoms with Crippen LogP contribution in [0.4, 0.5) is 5.69 Å². The van der Waals surface area contributed by atoms with Gasteiger partial charge in [-0.05, 0) is 41.9 Å². The molecule has 0 radical (unpaired) electrons. The number of para-hydroxylation sites is 1. The van der Waals surface area contributed by atoms with Gasteiger partial charge in [0.05, 0.1) is 6.67 Å². The number of hydrogen-bond acceptors (Lipinski definition) is 3. The van der Waals surface area contributed by atoms with Gasteiger partial charge < -0.3 is 15.1 Å². The number of benzene rings is 2. The molecule has 2 aromatic carbocycles. The topological polar surface area (TPSA) is 18.5 Å². The molecule has 3 nitrogen and oxygen atoms in total. The highest BCUT2D eigenvalue weighted by molar-refractivity contribution is 6.35. The number of hydrogen-bond donors (Lipinski definition) is 1. The molecule has 0 aromatic heterocycles. The Labute approximate surface area is 152 Å². The van der Waals surface area contributed by atoms with E-state index in [9.17, 15) is 0 Å². The lowest BCUT2D eigenvalue weighted by atomic mass is 9.84. The monoisotopic (exact) mass is 359 g/mol. The van der Waals surface area contributed by atoms with Gasteiger partial charge in [-0.15, -0.1) is 0 Å². The Morgan fingerprint density at radius 1 is 1.12 bits per heavy atom. The minimum atomic E-state index is 0.250. The fraction of sp³-hybridized carbons (Fsp3) is 0.263. The van der Waals surface area contributed by atoms with Crippen LogP contribution in [0.25, 0.3) is 0 Å². The summed E-state index contributed by atoms with van der Waals surface area (Å²) >= 11 is 12.8. The van der Waals surface area contributed by atoms with E-state index in [1.54, 1.807) is 0 Å². The van der Waals surface area contributed by atoms with Crippen molar-refractivity contribution in [3.8, 4) is 0 Å². The second kappa shape index (κ2) is 6.32. The van der Waals surface area contributed by atoms with Gasteiger partial charge >= 0.3 is 0 Å². The quantitative estimate of drug-likeness (QED) is 0.856. The molecule has 1 atom stereocenters. The third-order valence-corrected chi connectivity index (χ3v) is 5.30. The molecule has 0 spiro atoms. The second-order valence-electron chi connectivity index (χ2n) is 6.41. The zero-order chi connectivity index (χ0) is 16.7. The molecule has 2 heterocycles. The van der Waals surface area contributed by atoms with E-state index in [1.165, 1.54) is 22.4 Å². The van der Waals surface area contributed by atoms with E-state index in [1.807, 2.05) is 12.3 Å². The molecule has 5 heteroatoms. The standard InChI is InChI=1S/C19H19Cl2N3/c1-23-10-16(15-8-13(20)9-18(21)17(15)11-23)14-4-2-3-5-19(14)24-7-6-22-12-24/h2-9,16,22H,10-12H2,1H3/t16-/m0/s1. The predicted octanol–water partition coefficient (Wildman–Crippen LogP) is 4.41. The van der Waals surface area contributed by atoms with Crippen LogP contribution in [0.15, 0.2) is 48.8 Å². The van der Waals surface area contributed by atoms with Crippen LogP contribution in [0.3, 0.4) is 0 Å². The summed E-state index contributed by atoms with van der Waals surface area (Å²) in [6.07, 6.45) is 4.06. The normalized spacial score (nSPS) is 20.1. The molecule has 0 amide bonds. The molecule has 4 rings (SSSR count). The van der Waals surface area contributed by atoms with Gasteiger partial charge in [0.25, 0.3) is 0 Å². The van der Waals surface area contributed by atoms with Crippen LogP contribution in [-0.4, -0.2) is 25.2 Å². The molecular weight excluding hydrogens is 341 g/mol. The number of rotatable bonds is 2. The van der Waals surface area contributed by atoms with Crippen molar-refractivity contribution in [3.05, 3.63) is 75.5 Å². The van der Waals surface area contributed by atoms with E-state index in [0.717, 1.165) is 24.8 Å². The van der Waals surface area contributed by atoms with Gasteiger partial charge in [0.15, 0.2) is 0 Å². The van der Waals surface area contributed by atoms with Crippen LogP contribution in [0.1, 0.15) is 22.6 Å². The average Bonchev–Trinajstić information content (AvgIpc) is 3.09. The van der Waals surface area contributed by atoms with Crippen LogP contribution in [0.2, 0.25) is 10.0 Å². The zero-order valence-electron chi connectivity index (χ0n) is 13.5. The summed E-state index contributed by atoms with van der Waals surface area (Å²) in [6, 6.07) is 12.5. The van der Waals surface area contributed by atoms with Gasteiger partial charge in [-0.3, -0.25) is 0 Å². The Morgan fingerprint density at radius 3 is 2.75 bits per heavy atom. The summed E-state index contributed by atoms with van der Waals surface area (Å²) in [4.78, 5) is 4.55. The molecule has 2 aliphatic heterocycles. The van der Waals surface area contributed by atoms with Gasteiger partial charge in [0, 0.05) is 47.1 Å². The lowest BCUT2D eigenvalue weighted by molar-refractivity contribution is 0.295. The maximum absolute atomic E-state index is 6.49. The van der Waals surface area contributed by atoms with E-state index in [-0.39, 0.29) is 5.92 Å². The lowest BCUT2D eigenvalue weighted by Crippen LogP contribution is -2.32. The minimum absolute atomic E-state index is 0.250. The Morgan fingerprint density at radius 2 is 1.96 bits per heavy atom. The Bertz CT molecular complexity index is 803. The molecule has 124 valence electrons. The van der Waals surface area contributed by atoms with E-state index in [2.05, 4.69) is 58.7 Å². The van der Waals surface area contributed by atoms with Crippen LogP contribution < -0.4 is 10.2 Å². The fourth-order valence-corrected chi connectivity index (χ4v) is 4.24. The largest absolute Gasteiger partial charge is 0.372 e. The third kappa shape index (κ3) is 2.77. The summed E-state index contributed by atoms with van der Waals surface area (Å²) in [5.74, 6) is 0.250. The van der Waals surface area contributed by atoms with Crippen molar-refractivity contribution >= 4 is 28.9 Å². The predicted molar refractivity (Wildman–Crippen MR) is 101 cm³/mol. The highest BCUT2D eigenvalue weighted by Crippen LogP contribution is 2.41. The van der Waals surface area contributed by atoms with Gasteiger partial charge in [-0.1, -0.05) is 41.4 Å². The molecule has 0 aliphatic carbocycles. The summed E-state index contributed by atoms with van der Waals surface area (Å²) in [6.45, 7) is 2.60. The number of nitrogens with zero attached hydrogens (tertiary/aromatic N) is 2. The molecule has 0 fully saturated rings. The maximum Gasteiger partial charge on any atom is 0.0916 e. The Kier molecular flexibility index (Phi) is 4.17. The van der Waals surface area contributed by atoms with Crippen molar-refractivity contribution in [2.24, 2.45) is 0 Å². The van der Waals surface area contributed by atoms with Crippen molar-refractivity contribution in [3.63, 3.8) is 0 Å². The average molecular weight is 360 g/mol. The van der Waals surface area contributed by atoms with Crippen LogP contribution in [0, 0.1) is 0 Å². The van der Waals surface area contributed by atoms with E-state index in [4.69, 9.17) is 23.2 Å². The van der Waals surface area contributed by atoms with Crippen LogP contribution in [-0.2, 0) is 6.54 Å². The zero-order valence-corrected chi connectivity index (χ0v) is 15.0. The first-order chi connectivity index (χ1) is 11.6. The van der Waals surface area contributed by atoms with Crippen molar-refractivity contribution in [2.75, 3.05) is 25.2 Å². The van der Waals surface area contributed by atoms with Crippen LogP contribution >= 0.6 is 23.2 Å². The van der Waals surface area contributed by atoms with Crippen molar-refractivity contribution in [1.82, 2.24) is 10.2 Å². The molecule has 0 saturated carbocycles. The molecule has 0 saturated heterocycles. The van der Waals surface area contributed by atoms with Gasteiger partial charge in [0.1, 0.15) is 0 Å². The number of anilines is 1. The molecule has 2 aliphatic rings. The van der Waals surface area contributed by atoms with Crippen molar-refractivity contribution in [2.45, 2.75) is 12.5 Å². The Balaban J connectivity index is 1.85. The van der Waals surface area contributed by atoms with Crippen molar-refractivity contribution in [1.29, 1.82) is 0 Å². The summed E-state index contributed by atoms with van der Waals surface area (Å²) in [5, 5.41) is 4.70. The lowest BCUT2D eigenvalue weighted by Gasteiger charge is -2.35. The van der Waals surface area contributed by atoms with Gasteiger partial charge in [0.2, 0.25) is 0 Å². The maximum atomic E-state index is 6.49. The fourth-order valence-electron chi connectivity index (χ4n) is 3.67. The highest BCUT2D eigenvalue weighted by Gasteiger charge is 2.29. The molecule has 24 heavy (non-hydrogen) atoms. The first-order valence-electron chi connectivity index (χ1n) is 8.05. The smallest absolute Gasteiger partial charge is 0.0916 e. The molecule has 2 aromatic rings.